The van der Waals surface area contributed by atoms with Gasteiger partial charge in [0.15, 0.2) is 0 Å². The van der Waals surface area contributed by atoms with Crippen molar-refractivity contribution in [2.75, 3.05) is 11.9 Å². The Morgan fingerprint density at radius 1 is 1.46 bits per heavy atom. The number of anilines is 1. The van der Waals surface area contributed by atoms with Crippen molar-refractivity contribution in [3.05, 3.63) is 28.0 Å². The van der Waals surface area contributed by atoms with Crippen LogP contribution in [0.4, 0.5) is 10.1 Å². The Balaban J connectivity index is 2.70. The normalized spacial score (nSPS) is 18.2. The molecule has 1 aromatic rings. The fourth-order valence-electron chi connectivity index (χ4n) is 1.78. The summed E-state index contributed by atoms with van der Waals surface area (Å²) < 4.78 is 14.4. The van der Waals surface area contributed by atoms with Crippen molar-refractivity contribution in [1.29, 1.82) is 0 Å². The summed E-state index contributed by atoms with van der Waals surface area (Å²) in [5.41, 5.74) is 1.59. The van der Waals surface area contributed by atoms with Gasteiger partial charge in [-0.1, -0.05) is 13.8 Å². The molecule has 0 saturated heterocycles. The Morgan fingerprint density at radius 2 is 2.15 bits per heavy atom. The third kappa shape index (κ3) is 1.26. The highest BCUT2D eigenvalue weighted by molar-refractivity contribution is 9.10. The smallest absolute Gasteiger partial charge is 0.129 e. The van der Waals surface area contributed by atoms with E-state index in [2.05, 4.69) is 21.2 Å². The summed E-state index contributed by atoms with van der Waals surface area (Å²) >= 11 is 3.40. The standard InChI is InChI=1S/C10H11BrFN/c1-10(2)5-13-9-6(11)3-4-7(12)8(9)10/h3-4,13H,5H2,1-2H3. The zero-order valence-electron chi connectivity index (χ0n) is 7.62. The fourth-order valence-corrected chi connectivity index (χ4v) is 2.25. The van der Waals surface area contributed by atoms with Gasteiger partial charge in [0.2, 0.25) is 0 Å². The molecule has 0 radical (unpaired) electrons. The molecule has 13 heavy (non-hydrogen) atoms. The van der Waals surface area contributed by atoms with Crippen LogP contribution in [0.3, 0.4) is 0 Å². The third-order valence-electron chi connectivity index (χ3n) is 2.49. The Morgan fingerprint density at radius 3 is 2.77 bits per heavy atom. The number of halogens is 2. The van der Waals surface area contributed by atoms with Gasteiger partial charge in [0.25, 0.3) is 0 Å². The summed E-state index contributed by atoms with van der Waals surface area (Å²) in [4.78, 5) is 0. The largest absolute Gasteiger partial charge is 0.383 e. The van der Waals surface area contributed by atoms with Crippen LogP contribution in [0.15, 0.2) is 16.6 Å². The molecule has 0 unspecified atom stereocenters. The highest BCUT2D eigenvalue weighted by Crippen LogP contribution is 2.41. The molecule has 0 bridgehead atoms. The number of nitrogens with one attached hydrogen (secondary N) is 1. The van der Waals surface area contributed by atoms with Crippen LogP contribution in [0.1, 0.15) is 19.4 Å². The molecule has 70 valence electrons. The van der Waals surface area contributed by atoms with Gasteiger partial charge in [-0.3, -0.25) is 0 Å². The minimum atomic E-state index is -0.117. The zero-order chi connectivity index (χ0) is 9.64. The van der Waals surface area contributed by atoms with Gasteiger partial charge in [0, 0.05) is 22.0 Å². The summed E-state index contributed by atoms with van der Waals surface area (Å²) in [6.45, 7) is 4.88. The molecule has 1 nitrogen and oxygen atoms in total. The van der Waals surface area contributed by atoms with Crippen molar-refractivity contribution in [2.45, 2.75) is 19.3 Å². The zero-order valence-corrected chi connectivity index (χ0v) is 9.20. The van der Waals surface area contributed by atoms with E-state index < -0.39 is 0 Å². The van der Waals surface area contributed by atoms with E-state index >= 15 is 0 Å². The predicted octanol–water partition coefficient (Wildman–Crippen LogP) is 3.29. The SMILES string of the molecule is CC1(C)CNc2c(Br)ccc(F)c21. The number of rotatable bonds is 0. The van der Waals surface area contributed by atoms with Crippen molar-refractivity contribution in [2.24, 2.45) is 0 Å². The van der Waals surface area contributed by atoms with Gasteiger partial charge in [0.1, 0.15) is 5.82 Å². The number of hydrogen-bond donors (Lipinski definition) is 1. The lowest BCUT2D eigenvalue weighted by Gasteiger charge is -2.17. The summed E-state index contributed by atoms with van der Waals surface area (Å²) in [5.74, 6) is -0.117. The lowest BCUT2D eigenvalue weighted by atomic mass is 9.87. The summed E-state index contributed by atoms with van der Waals surface area (Å²) in [6.07, 6.45) is 0. The number of fused-ring (bicyclic) bond motifs is 1. The average molecular weight is 244 g/mol. The second-order valence-corrected chi connectivity index (χ2v) is 4.87. The molecule has 0 fully saturated rings. The van der Waals surface area contributed by atoms with Crippen molar-refractivity contribution in [1.82, 2.24) is 0 Å². The molecule has 1 aliphatic rings. The van der Waals surface area contributed by atoms with Crippen molar-refractivity contribution in [3.63, 3.8) is 0 Å². The van der Waals surface area contributed by atoms with E-state index in [9.17, 15) is 4.39 Å². The van der Waals surface area contributed by atoms with Gasteiger partial charge in [-0.05, 0) is 28.1 Å². The van der Waals surface area contributed by atoms with E-state index in [-0.39, 0.29) is 11.2 Å². The van der Waals surface area contributed by atoms with Gasteiger partial charge in [-0.2, -0.15) is 0 Å². The molecule has 0 spiro atoms. The molecule has 3 heteroatoms. The van der Waals surface area contributed by atoms with Gasteiger partial charge >= 0.3 is 0 Å². The van der Waals surface area contributed by atoms with E-state index in [1.807, 2.05) is 13.8 Å². The summed E-state index contributed by atoms with van der Waals surface area (Å²) in [5, 5.41) is 3.21. The van der Waals surface area contributed by atoms with Crippen LogP contribution in [-0.4, -0.2) is 6.54 Å². The van der Waals surface area contributed by atoms with Gasteiger partial charge in [-0.25, -0.2) is 4.39 Å². The van der Waals surface area contributed by atoms with Crippen LogP contribution in [-0.2, 0) is 5.41 Å². The molecule has 2 rings (SSSR count). The molecular weight excluding hydrogens is 233 g/mol. The minimum absolute atomic E-state index is 0.108. The second kappa shape index (κ2) is 2.71. The Labute approximate surface area is 85.5 Å². The van der Waals surface area contributed by atoms with Gasteiger partial charge in [0.05, 0.1) is 5.69 Å². The lowest BCUT2D eigenvalue weighted by molar-refractivity contribution is 0.527. The quantitative estimate of drug-likeness (QED) is 0.738. The topological polar surface area (TPSA) is 12.0 Å². The van der Waals surface area contributed by atoms with Crippen molar-refractivity contribution >= 4 is 21.6 Å². The van der Waals surface area contributed by atoms with Crippen LogP contribution in [0, 0.1) is 5.82 Å². The van der Waals surface area contributed by atoms with E-state index in [4.69, 9.17) is 0 Å². The molecule has 0 saturated carbocycles. The first-order chi connectivity index (χ1) is 6.02. The van der Waals surface area contributed by atoms with Crippen LogP contribution in [0.2, 0.25) is 0 Å². The Kier molecular flexibility index (Phi) is 1.88. The first-order valence-electron chi connectivity index (χ1n) is 4.25. The maximum atomic E-state index is 13.5. The maximum absolute atomic E-state index is 13.5. The van der Waals surface area contributed by atoms with E-state index in [0.717, 1.165) is 22.3 Å². The van der Waals surface area contributed by atoms with Crippen LogP contribution >= 0.6 is 15.9 Å². The molecule has 1 N–H and O–H groups in total. The van der Waals surface area contributed by atoms with Gasteiger partial charge < -0.3 is 5.32 Å². The summed E-state index contributed by atoms with van der Waals surface area (Å²) in [6, 6.07) is 3.25. The first kappa shape index (κ1) is 9.00. The van der Waals surface area contributed by atoms with Crippen LogP contribution in [0.25, 0.3) is 0 Å². The first-order valence-corrected chi connectivity index (χ1v) is 5.04. The molecule has 0 aromatic heterocycles. The van der Waals surface area contributed by atoms with E-state index in [1.54, 1.807) is 6.07 Å². The molecule has 1 heterocycles. The third-order valence-corrected chi connectivity index (χ3v) is 3.15. The fraction of sp³-hybridized carbons (Fsp3) is 0.400. The molecule has 1 aliphatic heterocycles. The lowest BCUT2D eigenvalue weighted by Crippen LogP contribution is -2.20. The number of hydrogen-bond acceptors (Lipinski definition) is 1. The molecule has 0 amide bonds. The highest BCUT2D eigenvalue weighted by Gasteiger charge is 2.33. The van der Waals surface area contributed by atoms with E-state index in [0.29, 0.717) is 0 Å². The maximum Gasteiger partial charge on any atom is 0.129 e. The highest BCUT2D eigenvalue weighted by atomic mass is 79.9. The second-order valence-electron chi connectivity index (χ2n) is 4.02. The monoisotopic (exact) mass is 243 g/mol. The molecule has 0 aliphatic carbocycles. The van der Waals surface area contributed by atoms with E-state index in [1.165, 1.54) is 6.07 Å². The minimum Gasteiger partial charge on any atom is -0.383 e. The Hall–Kier alpha value is -0.570. The predicted molar refractivity (Wildman–Crippen MR) is 55.6 cm³/mol. The van der Waals surface area contributed by atoms with Crippen molar-refractivity contribution < 1.29 is 4.39 Å². The summed E-state index contributed by atoms with van der Waals surface area (Å²) in [7, 11) is 0. The molecule has 0 atom stereocenters. The average Bonchev–Trinajstić information content (AvgIpc) is 2.36. The number of benzene rings is 1. The van der Waals surface area contributed by atoms with Crippen molar-refractivity contribution in [3.8, 4) is 0 Å². The molecular formula is C10H11BrFN. The van der Waals surface area contributed by atoms with Crippen LogP contribution in [0.5, 0.6) is 0 Å². The van der Waals surface area contributed by atoms with Gasteiger partial charge in [-0.15, -0.1) is 0 Å². The Bertz CT molecular complexity index is 360. The van der Waals surface area contributed by atoms with Crippen LogP contribution < -0.4 is 5.32 Å². The molecule has 1 aromatic carbocycles.